The van der Waals surface area contributed by atoms with E-state index in [1.54, 1.807) is 0 Å². The van der Waals surface area contributed by atoms with Crippen molar-refractivity contribution in [1.82, 2.24) is 10.2 Å². The van der Waals surface area contributed by atoms with E-state index in [0.717, 1.165) is 20.4 Å². The molecule has 0 spiro atoms. The second-order valence-corrected chi connectivity index (χ2v) is 8.92. The zero-order valence-electron chi connectivity index (χ0n) is 13.4. The number of hydrogen-bond acceptors (Lipinski definition) is 3. The number of carbonyl (C=O) groups is 1. The van der Waals surface area contributed by atoms with E-state index < -0.39 is 0 Å². The maximum atomic E-state index is 12.3. The number of amides is 1. The predicted octanol–water partition coefficient (Wildman–Crippen LogP) is 5.04. The maximum Gasteiger partial charge on any atom is 0.261 e. The van der Waals surface area contributed by atoms with Crippen molar-refractivity contribution in [2.45, 2.75) is 33.0 Å². The van der Waals surface area contributed by atoms with Gasteiger partial charge in [-0.05, 0) is 69.9 Å². The molecule has 3 nitrogen and oxygen atoms in total. The fourth-order valence-corrected chi connectivity index (χ4v) is 4.01. The average molecular weight is 460 g/mol. The van der Waals surface area contributed by atoms with Crippen LogP contribution in [0.2, 0.25) is 0 Å². The Balaban J connectivity index is 2.04. The molecular weight excluding hydrogens is 440 g/mol. The zero-order chi connectivity index (χ0) is 17.0. The van der Waals surface area contributed by atoms with Gasteiger partial charge in [0.2, 0.25) is 0 Å². The first-order valence-electron chi connectivity index (χ1n) is 7.38. The zero-order valence-corrected chi connectivity index (χ0v) is 17.4. The summed E-state index contributed by atoms with van der Waals surface area (Å²) in [6, 6.07) is 10.6. The average Bonchev–Trinajstić information content (AvgIpc) is 2.85. The molecule has 6 heteroatoms. The first-order chi connectivity index (χ1) is 10.9. The normalized spacial score (nSPS) is 11.3. The monoisotopic (exact) mass is 458 g/mol. The summed E-state index contributed by atoms with van der Waals surface area (Å²) in [6.45, 7) is 5.77. The Bertz CT molecular complexity index is 665. The predicted molar refractivity (Wildman–Crippen MR) is 104 cm³/mol. The molecule has 0 saturated carbocycles. The molecule has 124 valence electrons. The van der Waals surface area contributed by atoms with Crippen LogP contribution in [-0.2, 0) is 13.1 Å². The molecule has 23 heavy (non-hydrogen) atoms. The number of thiophene rings is 1. The van der Waals surface area contributed by atoms with Crippen molar-refractivity contribution >= 4 is 49.1 Å². The standard InChI is InChI=1S/C17H20Br2N2OS/c1-11(2)21(3)10-13-7-5-4-6-12(13)9-20-17(22)15-8-14(18)16(19)23-15/h4-8,11H,9-10H2,1-3H3,(H,20,22). The molecule has 0 aliphatic heterocycles. The molecular formula is C17H20Br2N2OS. The van der Waals surface area contributed by atoms with Gasteiger partial charge in [0.05, 0.1) is 8.66 Å². The van der Waals surface area contributed by atoms with Gasteiger partial charge in [-0.3, -0.25) is 9.69 Å². The van der Waals surface area contributed by atoms with Crippen LogP contribution < -0.4 is 5.32 Å². The third-order valence-corrected chi connectivity index (χ3v) is 6.98. The number of halogens is 2. The number of rotatable bonds is 6. The quantitative estimate of drug-likeness (QED) is 0.655. The summed E-state index contributed by atoms with van der Waals surface area (Å²) in [5, 5.41) is 3.01. The number of nitrogens with zero attached hydrogens (tertiary/aromatic N) is 1. The summed E-state index contributed by atoms with van der Waals surface area (Å²) < 4.78 is 1.84. The van der Waals surface area contributed by atoms with Crippen LogP contribution in [0.4, 0.5) is 0 Å². The number of hydrogen-bond donors (Lipinski definition) is 1. The highest BCUT2D eigenvalue weighted by molar-refractivity contribution is 9.13. The third kappa shape index (κ3) is 5.14. The maximum absolute atomic E-state index is 12.3. The van der Waals surface area contributed by atoms with Gasteiger partial charge in [0.1, 0.15) is 0 Å². The summed E-state index contributed by atoms with van der Waals surface area (Å²) in [5.41, 5.74) is 2.40. The molecule has 0 fully saturated rings. The van der Waals surface area contributed by atoms with Crippen molar-refractivity contribution in [2.75, 3.05) is 7.05 Å². The molecule has 1 amide bonds. The summed E-state index contributed by atoms with van der Waals surface area (Å²) >= 11 is 8.26. The van der Waals surface area contributed by atoms with Crippen LogP contribution in [0.25, 0.3) is 0 Å². The van der Waals surface area contributed by atoms with Gasteiger partial charge < -0.3 is 5.32 Å². The van der Waals surface area contributed by atoms with Gasteiger partial charge in [-0.25, -0.2) is 0 Å². The summed E-state index contributed by atoms with van der Waals surface area (Å²) in [7, 11) is 2.11. The van der Waals surface area contributed by atoms with Crippen molar-refractivity contribution in [3.63, 3.8) is 0 Å². The van der Waals surface area contributed by atoms with Gasteiger partial charge in [0, 0.05) is 23.6 Å². The minimum atomic E-state index is -0.0478. The molecule has 1 heterocycles. The van der Waals surface area contributed by atoms with E-state index >= 15 is 0 Å². The van der Waals surface area contributed by atoms with Gasteiger partial charge in [-0.2, -0.15) is 0 Å². The molecule has 0 aliphatic rings. The van der Waals surface area contributed by atoms with Crippen LogP contribution in [-0.4, -0.2) is 23.9 Å². The lowest BCUT2D eigenvalue weighted by atomic mass is 10.1. The first-order valence-corrected chi connectivity index (χ1v) is 9.78. The lowest BCUT2D eigenvalue weighted by Crippen LogP contribution is -2.27. The van der Waals surface area contributed by atoms with Crippen LogP contribution in [0.5, 0.6) is 0 Å². The van der Waals surface area contributed by atoms with Gasteiger partial charge in [0.25, 0.3) is 5.91 Å². The van der Waals surface area contributed by atoms with Crippen LogP contribution in [0.3, 0.4) is 0 Å². The fraction of sp³-hybridized carbons (Fsp3) is 0.353. The van der Waals surface area contributed by atoms with E-state index in [0.29, 0.717) is 17.5 Å². The highest BCUT2D eigenvalue weighted by Crippen LogP contribution is 2.32. The van der Waals surface area contributed by atoms with E-state index in [1.807, 2.05) is 18.2 Å². The van der Waals surface area contributed by atoms with E-state index in [2.05, 4.69) is 75.1 Å². The minimum absolute atomic E-state index is 0.0478. The lowest BCUT2D eigenvalue weighted by Gasteiger charge is -2.22. The molecule has 0 radical (unpaired) electrons. The van der Waals surface area contributed by atoms with Crippen LogP contribution in [0.15, 0.2) is 38.6 Å². The Hall–Kier alpha value is -0.690. The molecule has 0 unspecified atom stereocenters. The topological polar surface area (TPSA) is 32.3 Å². The van der Waals surface area contributed by atoms with E-state index in [1.165, 1.54) is 16.9 Å². The largest absolute Gasteiger partial charge is 0.347 e. The van der Waals surface area contributed by atoms with Gasteiger partial charge in [-0.15, -0.1) is 11.3 Å². The molecule has 0 atom stereocenters. The molecule has 1 aromatic carbocycles. The number of nitrogens with one attached hydrogen (secondary N) is 1. The van der Waals surface area contributed by atoms with Crippen molar-refractivity contribution < 1.29 is 4.79 Å². The summed E-state index contributed by atoms with van der Waals surface area (Å²) in [6.07, 6.45) is 0. The smallest absolute Gasteiger partial charge is 0.261 e. The Morgan fingerprint density at radius 2 is 1.91 bits per heavy atom. The van der Waals surface area contributed by atoms with Crippen LogP contribution in [0, 0.1) is 0 Å². The number of benzene rings is 1. The molecule has 1 aromatic heterocycles. The first kappa shape index (κ1) is 18.6. The van der Waals surface area contributed by atoms with Gasteiger partial charge in [0.15, 0.2) is 0 Å². The highest BCUT2D eigenvalue weighted by atomic mass is 79.9. The SMILES string of the molecule is CC(C)N(C)Cc1ccccc1CNC(=O)c1cc(Br)c(Br)s1. The second kappa shape index (κ2) is 8.42. The van der Waals surface area contributed by atoms with E-state index in [9.17, 15) is 4.79 Å². The van der Waals surface area contributed by atoms with Crippen molar-refractivity contribution in [3.8, 4) is 0 Å². The molecule has 0 saturated heterocycles. The molecule has 2 rings (SSSR count). The molecule has 0 bridgehead atoms. The van der Waals surface area contributed by atoms with Gasteiger partial charge >= 0.3 is 0 Å². The number of carbonyl (C=O) groups excluding carboxylic acids is 1. The second-order valence-electron chi connectivity index (χ2n) is 5.69. The minimum Gasteiger partial charge on any atom is -0.347 e. The summed E-state index contributed by atoms with van der Waals surface area (Å²) in [5.74, 6) is -0.0478. The van der Waals surface area contributed by atoms with Crippen molar-refractivity contribution in [1.29, 1.82) is 0 Å². The third-order valence-electron chi connectivity index (χ3n) is 3.73. The van der Waals surface area contributed by atoms with Crippen molar-refractivity contribution in [2.24, 2.45) is 0 Å². The lowest BCUT2D eigenvalue weighted by molar-refractivity contribution is 0.0954. The Morgan fingerprint density at radius 1 is 1.26 bits per heavy atom. The molecule has 2 aromatic rings. The van der Waals surface area contributed by atoms with Gasteiger partial charge in [-0.1, -0.05) is 24.3 Å². The van der Waals surface area contributed by atoms with E-state index in [-0.39, 0.29) is 5.91 Å². The van der Waals surface area contributed by atoms with Crippen LogP contribution >= 0.6 is 43.2 Å². The Labute approximate surface area is 158 Å². The molecule has 1 N–H and O–H groups in total. The summed E-state index contributed by atoms with van der Waals surface area (Å²) in [4.78, 5) is 15.3. The van der Waals surface area contributed by atoms with Crippen LogP contribution in [0.1, 0.15) is 34.6 Å². The highest BCUT2D eigenvalue weighted by Gasteiger charge is 2.13. The Morgan fingerprint density at radius 3 is 2.48 bits per heavy atom. The Kier molecular flexibility index (Phi) is 6.83. The van der Waals surface area contributed by atoms with E-state index in [4.69, 9.17) is 0 Å². The van der Waals surface area contributed by atoms with Crippen molar-refractivity contribution in [3.05, 3.63) is 54.6 Å². The molecule has 0 aliphatic carbocycles. The fourth-order valence-electron chi connectivity index (χ4n) is 2.06.